The highest BCUT2D eigenvalue weighted by atomic mass is 32.2. The van der Waals surface area contributed by atoms with Gasteiger partial charge in [-0.2, -0.15) is 0 Å². The lowest BCUT2D eigenvalue weighted by atomic mass is 9.85. The summed E-state index contributed by atoms with van der Waals surface area (Å²) in [5, 5.41) is 2.46. The third-order valence-electron chi connectivity index (χ3n) is 3.45. The second-order valence-electron chi connectivity index (χ2n) is 4.96. The molecular formula is C16H18NO2S. The fraction of sp³-hybridized carbons (Fsp3) is 0.312. The van der Waals surface area contributed by atoms with Gasteiger partial charge in [-0.15, -0.1) is 11.8 Å². The molecule has 1 aromatic rings. The van der Waals surface area contributed by atoms with Crippen molar-refractivity contribution in [1.82, 2.24) is 0 Å². The van der Waals surface area contributed by atoms with Gasteiger partial charge in [-0.25, -0.2) is 0 Å². The highest BCUT2D eigenvalue weighted by molar-refractivity contribution is 8.02. The number of allylic oxidation sites excluding steroid dienone is 1. The van der Waals surface area contributed by atoms with Crippen LogP contribution < -0.4 is 5.73 Å². The van der Waals surface area contributed by atoms with Gasteiger partial charge in [0, 0.05) is 11.2 Å². The van der Waals surface area contributed by atoms with Crippen LogP contribution in [0.3, 0.4) is 0 Å². The first-order valence-electron chi connectivity index (χ1n) is 6.64. The number of hydrogen-bond donors (Lipinski definition) is 1. The average Bonchev–Trinajstić information content (AvgIpc) is 2.46. The summed E-state index contributed by atoms with van der Waals surface area (Å²) in [6, 6.07) is 10.3. The van der Waals surface area contributed by atoms with Crippen LogP contribution in [0.2, 0.25) is 0 Å². The third kappa shape index (κ3) is 4.23. The third-order valence-corrected chi connectivity index (χ3v) is 4.50. The first-order chi connectivity index (χ1) is 9.69. The molecule has 1 aliphatic heterocycles. The van der Waals surface area contributed by atoms with E-state index in [4.69, 9.17) is 5.73 Å². The van der Waals surface area contributed by atoms with E-state index in [9.17, 15) is 9.59 Å². The summed E-state index contributed by atoms with van der Waals surface area (Å²) < 4.78 is 0. The first kappa shape index (κ1) is 14.9. The van der Waals surface area contributed by atoms with E-state index in [0.717, 1.165) is 19.1 Å². The molecule has 2 rings (SSSR count). The minimum Gasteiger partial charge on any atom is -0.369 e. The Hall–Kier alpha value is -1.55. The molecule has 3 unspecified atom stereocenters. The predicted octanol–water partition coefficient (Wildman–Crippen LogP) is 2.37. The van der Waals surface area contributed by atoms with Gasteiger partial charge in [0.2, 0.25) is 5.91 Å². The highest BCUT2D eigenvalue weighted by Crippen LogP contribution is 2.34. The van der Waals surface area contributed by atoms with Crippen LogP contribution in [-0.2, 0) is 16.0 Å². The smallest absolute Gasteiger partial charge is 0.222 e. The SMILES string of the molecule is NC(=O)[CH]C(C=O)C1C=CSC(Cc2ccccc2)C1. The summed E-state index contributed by atoms with van der Waals surface area (Å²) in [5.74, 6) is -0.883. The zero-order valence-electron chi connectivity index (χ0n) is 11.1. The Morgan fingerprint density at radius 1 is 1.40 bits per heavy atom. The summed E-state index contributed by atoms with van der Waals surface area (Å²) in [7, 11) is 0. The quantitative estimate of drug-likeness (QED) is 0.818. The lowest BCUT2D eigenvalue weighted by Crippen LogP contribution is -2.27. The van der Waals surface area contributed by atoms with Crippen LogP contribution in [0.25, 0.3) is 0 Å². The fourth-order valence-corrected chi connectivity index (χ4v) is 3.58. The Morgan fingerprint density at radius 2 is 2.15 bits per heavy atom. The topological polar surface area (TPSA) is 60.2 Å². The molecule has 0 spiro atoms. The predicted molar refractivity (Wildman–Crippen MR) is 81.8 cm³/mol. The second-order valence-corrected chi connectivity index (χ2v) is 6.17. The Morgan fingerprint density at radius 3 is 2.80 bits per heavy atom. The molecule has 0 saturated heterocycles. The number of amides is 1. The Labute approximate surface area is 123 Å². The van der Waals surface area contributed by atoms with Crippen LogP contribution in [-0.4, -0.2) is 17.4 Å². The number of hydrogen-bond acceptors (Lipinski definition) is 3. The number of carbonyl (C=O) groups excluding carboxylic acids is 2. The zero-order valence-corrected chi connectivity index (χ0v) is 12.0. The summed E-state index contributed by atoms with van der Waals surface area (Å²) in [6.07, 6.45) is 5.98. The van der Waals surface area contributed by atoms with Crippen LogP contribution in [0.4, 0.5) is 0 Å². The van der Waals surface area contributed by atoms with E-state index in [-0.39, 0.29) is 5.92 Å². The number of benzene rings is 1. The zero-order chi connectivity index (χ0) is 14.4. The van der Waals surface area contributed by atoms with Crippen LogP contribution in [0, 0.1) is 18.3 Å². The van der Waals surface area contributed by atoms with Crippen molar-refractivity contribution in [2.24, 2.45) is 17.6 Å². The molecule has 105 valence electrons. The fourth-order valence-electron chi connectivity index (χ4n) is 2.44. The van der Waals surface area contributed by atoms with Gasteiger partial charge in [0.05, 0.1) is 6.42 Å². The van der Waals surface area contributed by atoms with Crippen LogP contribution in [0.5, 0.6) is 0 Å². The standard InChI is InChI=1S/C16H18NO2S/c17-16(19)10-14(11-18)13-6-7-20-15(9-13)8-12-4-2-1-3-5-12/h1-7,10-11,13-15H,8-9H2,(H2,17,19). The minimum absolute atomic E-state index is 0.0648. The minimum atomic E-state index is -0.534. The number of aldehydes is 1. The van der Waals surface area contributed by atoms with Crippen molar-refractivity contribution in [3.05, 3.63) is 53.8 Å². The normalized spacial score (nSPS) is 23.2. The molecular weight excluding hydrogens is 270 g/mol. The molecule has 3 atom stereocenters. The van der Waals surface area contributed by atoms with Gasteiger partial charge in [0.1, 0.15) is 6.29 Å². The van der Waals surface area contributed by atoms with Gasteiger partial charge >= 0.3 is 0 Å². The molecule has 1 heterocycles. The summed E-state index contributed by atoms with van der Waals surface area (Å²) in [5.41, 5.74) is 6.44. The van der Waals surface area contributed by atoms with Gasteiger partial charge < -0.3 is 10.5 Å². The summed E-state index contributed by atoms with van der Waals surface area (Å²) in [6.45, 7) is 0. The molecule has 0 fully saturated rings. The van der Waals surface area contributed by atoms with Crippen LogP contribution >= 0.6 is 11.8 Å². The average molecular weight is 288 g/mol. The van der Waals surface area contributed by atoms with Crippen molar-refractivity contribution in [3.8, 4) is 0 Å². The lowest BCUT2D eigenvalue weighted by molar-refractivity contribution is -0.118. The molecule has 1 aromatic carbocycles. The monoisotopic (exact) mass is 288 g/mol. The maximum absolute atomic E-state index is 11.1. The van der Waals surface area contributed by atoms with Crippen LogP contribution in [0.15, 0.2) is 41.8 Å². The van der Waals surface area contributed by atoms with E-state index < -0.39 is 11.8 Å². The molecule has 0 saturated carbocycles. The van der Waals surface area contributed by atoms with E-state index in [0.29, 0.717) is 5.25 Å². The number of carbonyl (C=O) groups is 2. The van der Waals surface area contributed by atoms with Gasteiger partial charge in [-0.05, 0) is 29.7 Å². The van der Waals surface area contributed by atoms with Crippen molar-refractivity contribution in [2.75, 3.05) is 0 Å². The van der Waals surface area contributed by atoms with Crippen molar-refractivity contribution in [3.63, 3.8) is 0 Å². The van der Waals surface area contributed by atoms with Gasteiger partial charge in [0.25, 0.3) is 0 Å². The molecule has 1 radical (unpaired) electrons. The molecule has 1 amide bonds. The highest BCUT2D eigenvalue weighted by Gasteiger charge is 2.27. The maximum atomic E-state index is 11.1. The van der Waals surface area contributed by atoms with E-state index in [1.165, 1.54) is 12.0 Å². The van der Waals surface area contributed by atoms with E-state index in [1.807, 2.05) is 29.7 Å². The lowest BCUT2D eigenvalue weighted by Gasteiger charge is -2.27. The molecule has 2 N–H and O–H groups in total. The first-order valence-corrected chi connectivity index (χ1v) is 7.59. The van der Waals surface area contributed by atoms with Gasteiger partial charge in [-0.1, -0.05) is 36.4 Å². The second kappa shape index (κ2) is 7.29. The number of rotatable bonds is 6. The molecule has 0 aliphatic carbocycles. The number of thioether (sulfide) groups is 1. The summed E-state index contributed by atoms with van der Waals surface area (Å²) in [4.78, 5) is 22.1. The molecule has 3 nitrogen and oxygen atoms in total. The number of primary amides is 1. The van der Waals surface area contributed by atoms with Crippen molar-refractivity contribution in [1.29, 1.82) is 0 Å². The van der Waals surface area contributed by atoms with E-state index in [2.05, 4.69) is 12.1 Å². The Bertz CT molecular complexity index is 487. The van der Waals surface area contributed by atoms with Crippen LogP contribution in [0.1, 0.15) is 12.0 Å². The molecule has 0 bridgehead atoms. The summed E-state index contributed by atoms with van der Waals surface area (Å²) >= 11 is 1.78. The molecule has 0 aromatic heterocycles. The van der Waals surface area contributed by atoms with Gasteiger partial charge in [0.15, 0.2) is 0 Å². The Kier molecular flexibility index (Phi) is 5.41. The van der Waals surface area contributed by atoms with E-state index >= 15 is 0 Å². The molecule has 20 heavy (non-hydrogen) atoms. The Balaban J connectivity index is 1.97. The van der Waals surface area contributed by atoms with E-state index in [1.54, 1.807) is 11.8 Å². The maximum Gasteiger partial charge on any atom is 0.222 e. The molecule has 4 heteroatoms. The van der Waals surface area contributed by atoms with Crippen molar-refractivity contribution < 1.29 is 9.59 Å². The van der Waals surface area contributed by atoms with Crippen molar-refractivity contribution >= 4 is 24.0 Å². The van der Waals surface area contributed by atoms with Crippen molar-refractivity contribution in [2.45, 2.75) is 18.1 Å². The molecule has 1 aliphatic rings. The van der Waals surface area contributed by atoms with Gasteiger partial charge in [-0.3, -0.25) is 4.79 Å². The largest absolute Gasteiger partial charge is 0.369 e. The number of nitrogens with two attached hydrogens (primary N) is 1.